The Labute approximate surface area is 129 Å². The topological polar surface area (TPSA) is 61.0 Å². The molecule has 0 unspecified atom stereocenters. The third-order valence-electron chi connectivity index (χ3n) is 2.93. The van der Waals surface area contributed by atoms with Crippen molar-refractivity contribution in [2.24, 2.45) is 7.05 Å². The number of halogens is 1. The molecule has 0 N–H and O–H groups in total. The molecule has 0 saturated carbocycles. The van der Waals surface area contributed by atoms with Gasteiger partial charge in [0.25, 0.3) is 5.69 Å². The van der Waals surface area contributed by atoms with Crippen molar-refractivity contribution < 1.29 is 4.92 Å². The number of nitrogens with zero attached hydrogens (tertiary/aromatic N) is 3. The van der Waals surface area contributed by atoms with Crippen molar-refractivity contribution in [3.8, 4) is 0 Å². The summed E-state index contributed by atoms with van der Waals surface area (Å²) in [4.78, 5) is 11.3. The van der Waals surface area contributed by atoms with Gasteiger partial charge in [-0.25, -0.2) is 0 Å². The predicted molar refractivity (Wildman–Crippen MR) is 82.9 cm³/mol. The lowest BCUT2D eigenvalue weighted by Gasteiger charge is -2.04. The summed E-state index contributed by atoms with van der Waals surface area (Å²) in [6.45, 7) is 2.05. The Morgan fingerprint density at radius 2 is 2.15 bits per heavy atom. The molecule has 1 aromatic heterocycles. The van der Waals surface area contributed by atoms with E-state index in [1.807, 2.05) is 24.7 Å². The normalized spacial score (nSPS) is 10.8. The fourth-order valence-electron chi connectivity index (χ4n) is 1.85. The summed E-state index contributed by atoms with van der Waals surface area (Å²) in [7, 11) is 1.89. The standard InChI is InChI=1S/C13H14BrN3O2S/c1-3-9-13(14)11(16(2)15-9)8-20-12-7-5-4-6-10(12)17(18)19/h4-7H,3,8H2,1-2H3. The van der Waals surface area contributed by atoms with Crippen LogP contribution < -0.4 is 0 Å². The molecule has 106 valence electrons. The highest BCUT2D eigenvalue weighted by Gasteiger charge is 2.16. The Morgan fingerprint density at radius 1 is 1.45 bits per heavy atom. The van der Waals surface area contributed by atoms with E-state index in [0.29, 0.717) is 10.6 Å². The fourth-order valence-corrected chi connectivity index (χ4v) is 3.88. The summed E-state index contributed by atoms with van der Waals surface area (Å²) in [5.41, 5.74) is 2.18. The number of hydrogen-bond acceptors (Lipinski definition) is 4. The quantitative estimate of drug-likeness (QED) is 0.462. The zero-order chi connectivity index (χ0) is 14.7. The van der Waals surface area contributed by atoms with Gasteiger partial charge in [-0.05, 0) is 28.4 Å². The first kappa shape index (κ1) is 15.1. The van der Waals surface area contributed by atoms with Crippen molar-refractivity contribution in [2.75, 3.05) is 0 Å². The Balaban J connectivity index is 2.21. The summed E-state index contributed by atoms with van der Waals surface area (Å²) >= 11 is 5.00. The molecule has 0 radical (unpaired) electrons. The maximum Gasteiger partial charge on any atom is 0.282 e. The summed E-state index contributed by atoms with van der Waals surface area (Å²) in [6, 6.07) is 6.79. The van der Waals surface area contributed by atoms with Gasteiger partial charge >= 0.3 is 0 Å². The van der Waals surface area contributed by atoms with E-state index in [1.165, 1.54) is 17.8 Å². The molecule has 0 bridgehead atoms. The van der Waals surface area contributed by atoms with Crippen LogP contribution >= 0.6 is 27.7 Å². The second-order valence-electron chi connectivity index (χ2n) is 4.20. The lowest BCUT2D eigenvalue weighted by atomic mass is 10.3. The van der Waals surface area contributed by atoms with Gasteiger partial charge in [-0.2, -0.15) is 5.10 Å². The van der Waals surface area contributed by atoms with Crippen LogP contribution in [0.2, 0.25) is 0 Å². The van der Waals surface area contributed by atoms with Crippen LogP contribution in [-0.2, 0) is 19.2 Å². The van der Waals surface area contributed by atoms with Crippen molar-refractivity contribution >= 4 is 33.4 Å². The van der Waals surface area contributed by atoms with E-state index in [4.69, 9.17) is 0 Å². The van der Waals surface area contributed by atoms with Crippen LogP contribution in [0.4, 0.5) is 5.69 Å². The maximum absolute atomic E-state index is 11.0. The average molecular weight is 356 g/mol. The monoisotopic (exact) mass is 355 g/mol. The molecule has 20 heavy (non-hydrogen) atoms. The number of nitro groups is 1. The molecule has 2 rings (SSSR count). The molecule has 0 fully saturated rings. The number of hydrogen-bond donors (Lipinski definition) is 0. The molecule has 0 aliphatic rings. The smallest absolute Gasteiger partial charge is 0.270 e. The van der Waals surface area contributed by atoms with Crippen LogP contribution in [0.25, 0.3) is 0 Å². The van der Waals surface area contributed by atoms with Crippen molar-refractivity contribution in [1.82, 2.24) is 9.78 Å². The molecular formula is C13H14BrN3O2S. The fraction of sp³-hybridized carbons (Fsp3) is 0.308. The second kappa shape index (κ2) is 6.41. The van der Waals surface area contributed by atoms with Gasteiger partial charge in [0.15, 0.2) is 0 Å². The Hall–Kier alpha value is -1.34. The Morgan fingerprint density at radius 3 is 2.75 bits per heavy atom. The van der Waals surface area contributed by atoms with Crippen molar-refractivity contribution in [1.29, 1.82) is 0 Å². The minimum absolute atomic E-state index is 0.145. The van der Waals surface area contributed by atoms with Crippen LogP contribution in [0.3, 0.4) is 0 Å². The van der Waals surface area contributed by atoms with Gasteiger partial charge in [0, 0.05) is 18.9 Å². The number of para-hydroxylation sites is 1. The number of aryl methyl sites for hydroxylation is 2. The van der Waals surface area contributed by atoms with Crippen LogP contribution in [0.5, 0.6) is 0 Å². The SMILES string of the molecule is CCc1nn(C)c(CSc2ccccc2[N+](=O)[O-])c1Br. The molecule has 0 aliphatic heterocycles. The maximum atomic E-state index is 11.0. The molecule has 1 heterocycles. The lowest BCUT2D eigenvalue weighted by molar-refractivity contribution is -0.387. The highest BCUT2D eigenvalue weighted by molar-refractivity contribution is 9.10. The van der Waals surface area contributed by atoms with E-state index < -0.39 is 0 Å². The van der Waals surface area contributed by atoms with Gasteiger partial charge in [0.2, 0.25) is 0 Å². The summed E-state index contributed by atoms with van der Waals surface area (Å²) in [6.07, 6.45) is 0.852. The number of rotatable bonds is 5. The average Bonchev–Trinajstić information content (AvgIpc) is 2.71. The van der Waals surface area contributed by atoms with E-state index in [1.54, 1.807) is 12.1 Å². The highest BCUT2D eigenvalue weighted by atomic mass is 79.9. The van der Waals surface area contributed by atoms with Crippen LogP contribution in [-0.4, -0.2) is 14.7 Å². The first-order valence-electron chi connectivity index (χ1n) is 6.11. The third-order valence-corrected chi connectivity index (χ3v) is 4.92. The molecule has 0 amide bonds. The van der Waals surface area contributed by atoms with Crippen LogP contribution in [0.1, 0.15) is 18.3 Å². The number of nitro benzene ring substituents is 1. The molecule has 5 nitrogen and oxygen atoms in total. The Kier molecular flexibility index (Phi) is 4.82. The molecular weight excluding hydrogens is 342 g/mol. The van der Waals surface area contributed by atoms with E-state index in [0.717, 1.165) is 22.3 Å². The number of thioether (sulfide) groups is 1. The lowest BCUT2D eigenvalue weighted by Crippen LogP contribution is -1.97. The van der Waals surface area contributed by atoms with E-state index in [9.17, 15) is 10.1 Å². The summed E-state index contributed by atoms with van der Waals surface area (Å²) in [5.74, 6) is 0.634. The number of benzene rings is 1. The first-order valence-corrected chi connectivity index (χ1v) is 7.89. The van der Waals surface area contributed by atoms with E-state index in [-0.39, 0.29) is 10.6 Å². The van der Waals surface area contributed by atoms with E-state index in [2.05, 4.69) is 21.0 Å². The molecule has 0 atom stereocenters. The van der Waals surface area contributed by atoms with Crippen molar-refractivity contribution in [3.63, 3.8) is 0 Å². The van der Waals surface area contributed by atoms with Crippen molar-refractivity contribution in [3.05, 3.63) is 50.2 Å². The van der Waals surface area contributed by atoms with Crippen LogP contribution in [0, 0.1) is 10.1 Å². The minimum atomic E-state index is -0.349. The van der Waals surface area contributed by atoms with Gasteiger partial charge in [-0.15, -0.1) is 11.8 Å². The van der Waals surface area contributed by atoms with Crippen molar-refractivity contribution in [2.45, 2.75) is 24.0 Å². The molecule has 0 spiro atoms. The highest BCUT2D eigenvalue weighted by Crippen LogP contribution is 2.33. The van der Waals surface area contributed by atoms with Gasteiger partial charge in [0.1, 0.15) is 0 Å². The number of aromatic nitrogens is 2. The molecule has 0 saturated heterocycles. The molecule has 7 heteroatoms. The first-order chi connectivity index (χ1) is 9.54. The summed E-state index contributed by atoms with van der Waals surface area (Å²) in [5, 5.41) is 15.4. The third kappa shape index (κ3) is 3.04. The van der Waals surface area contributed by atoms with Gasteiger partial charge in [0.05, 0.1) is 25.7 Å². The molecule has 1 aromatic carbocycles. The van der Waals surface area contributed by atoms with E-state index >= 15 is 0 Å². The summed E-state index contributed by atoms with van der Waals surface area (Å²) < 4.78 is 2.82. The molecule has 2 aromatic rings. The predicted octanol–water partition coefficient (Wildman–Crippen LogP) is 3.95. The zero-order valence-electron chi connectivity index (χ0n) is 11.2. The Bertz CT molecular complexity index is 643. The van der Waals surface area contributed by atoms with Gasteiger partial charge in [-0.1, -0.05) is 19.1 Å². The minimum Gasteiger partial charge on any atom is -0.270 e. The second-order valence-corrected chi connectivity index (χ2v) is 6.01. The zero-order valence-corrected chi connectivity index (χ0v) is 13.6. The van der Waals surface area contributed by atoms with Gasteiger partial charge in [-0.3, -0.25) is 14.8 Å². The van der Waals surface area contributed by atoms with Gasteiger partial charge < -0.3 is 0 Å². The molecule has 0 aliphatic carbocycles. The van der Waals surface area contributed by atoms with Crippen LogP contribution in [0.15, 0.2) is 33.6 Å². The largest absolute Gasteiger partial charge is 0.282 e.